The summed E-state index contributed by atoms with van der Waals surface area (Å²) in [6.45, 7) is 6.28. The topological polar surface area (TPSA) is 20.1 Å². The normalized spacial score (nSPS) is 19.8. The van der Waals surface area contributed by atoms with Gasteiger partial charge in [0.1, 0.15) is 0 Å². The lowest BCUT2D eigenvalue weighted by atomic mass is 10.1. The summed E-state index contributed by atoms with van der Waals surface area (Å²) < 4.78 is 0. The lowest BCUT2D eigenvalue weighted by Gasteiger charge is -2.10. The van der Waals surface area contributed by atoms with E-state index in [0.29, 0.717) is 28.1 Å². The molecule has 1 heterocycles. The summed E-state index contributed by atoms with van der Waals surface area (Å²) in [7, 11) is 0. The van der Waals surface area contributed by atoms with Crippen molar-refractivity contribution in [3.63, 3.8) is 0 Å². The predicted octanol–water partition coefficient (Wildman–Crippen LogP) is 5.94. The molecule has 5 heteroatoms. The zero-order valence-corrected chi connectivity index (χ0v) is 16.2. The van der Waals surface area contributed by atoms with Crippen molar-refractivity contribution in [1.29, 1.82) is 0 Å². The first kappa shape index (κ1) is 19.1. The van der Waals surface area contributed by atoms with Gasteiger partial charge in [-0.15, -0.1) is 11.8 Å². The standard InChI is InChI=1S/C18H25Cl2NOS/c1-3-4-5-6-11-23-16-8-7-14(17(19)18(16)20)15(22)9-10-21-12-13(21)2/h7-8,13H,3-6,9-12H2,1-2H3. The summed E-state index contributed by atoms with van der Waals surface area (Å²) in [4.78, 5) is 15.6. The molecule has 2 unspecified atom stereocenters. The molecule has 1 saturated heterocycles. The second-order valence-electron chi connectivity index (χ2n) is 6.17. The molecule has 0 bridgehead atoms. The van der Waals surface area contributed by atoms with Crippen LogP contribution in [0.4, 0.5) is 0 Å². The van der Waals surface area contributed by atoms with Gasteiger partial charge in [-0.2, -0.15) is 0 Å². The molecule has 0 amide bonds. The van der Waals surface area contributed by atoms with Crippen LogP contribution >= 0.6 is 35.0 Å². The van der Waals surface area contributed by atoms with Crippen molar-refractivity contribution in [2.24, 2.45) is 0 Å². The summed E-state index contributed by atoms with van der Waals surface area (Å²) in [6.07, 6.45) is 5.45. The van der Waals surface area contributed by atoms with Crippen LogP contribution in [0.15, 0.2) is 17.0 Å². The highest BCUT2D eigenvalue weighted by atomic mass is 35.5. The molecular formula is C18H25Cl2NOS. The van der Waals surface area contributed by atoms with Crippen molar-refractivity contribution in [2.75, 3.05) is 18.8 Å². The van der Waals surface area contributed by atoms with Crippen LogP contribution in [0, 0.1) is 0 Å². The third kappa shape index (κ3) is 5.67. The molecule has 0 aromatic heterocycles. The van der Waals surface area contributed by atoms with Crippen LogP contribution in [-0.4, -0.2) is 35.6 Å². The molecule has 128 valence electrons. The minimum atomic E-state index is 0.0792. The number of nitrogens with zero attached hydrogens (tertiary/aromatic N) is 1. The number of carbonyl (C=O) groups excluding carboxylic acids is 1. The molecule has 1 aliphatic heterocycles. The van der Waals surface area contributed by atoms with E-state index >= 15 is 0 Å². The van der Waals surface area contributed by atoms with Crippen LogP contribution in [-0.2, 0) is 0 Å². The highest BCUT2D eigenvalue weighted by Gasteiger charge is 2.29. The first-order valence-corrected chi connectivity index (χ1v) is 10.2. The molecule has 2 rings (SSSR count). The Labute approximate surface area is 153 Å². The SMILES string of the molecule is CCCCCCSc1ccc(C(=O)CCN2CC2C)c(Cl)c1Cl. The van der Waals surface area contributed by atoms with Crippen LogP contribution in [0.3, 0.4) is 0 Å². The monoisotopic (exact) mass is 373 g/mol. The Hall–Kier alpha value is -0.220. The van der Waals surface area contributed by atoms with Gasteiger partial charge >= 0.3 is 0 Å². The molecule has 1 aromatic carbocycles. The van der Waals surface area contributed by atoms with Gasteiger partial charge in [0.05, 0.1) is 10.0 Å². The van der Waals surface area contributed by atoms with E-state index in [2.05, 4.69) is 18.7 Å². The first-order chi connectivity index (χ1) is 11.0. The summed E-state index contributed by atoms with van der Waals surface area (Å²) in [5.41, 5.74) is 0.557. The molecule has 0 saturated carbocycles. The number of ketones is 1. The van der Waals surface area contributed by atoms with E-state index in [1.165, 1.54) is 25.7 Å². The average Bonchev–Trinajstić information content (AvgIpc) is 3.24. The lowest BCUT2D eigenvalue weighted by molar-refractivity contribution is 0.0977. The van der Waals surface area contributed by atoms with Crippen molar-refractivity contribution in [2.45, 2.75) is 56.9 Å². The number of hydrogen-bond donors (Lipinski definition) is 0. The second-order valence-corrected chi connectivity index (χ2v) is 8.06. The van der Waals surface area contributed by atoms with E-state index in [1.807, 2.05) is 12.1 Å². The van der Waals surface area contributed by atoms with E-state index < -0.39 is 0 Å². The van der Waals surface area contributed by atoms with Crippen LogP contribution in [0.1, 0.15) is 56.3 Å². The maximum Gasteiger partial charge on any atom is 0.165 e. The van der Waals surface area contributed by atoms with Gasteiger partial charge in [-0.1, -0.05) is 49.4 Å². The Kier molecular flexibility index (Phi) is 7.74. The van der Waals surface area contributed by atoms with Crippen molar-refractivity contribution in [1.82, 2.24) is 4.90 Å². The fraction of sp³-hybridized carbons (Fsp3) is 0.611. The van der Waals surface area contributed by atoms with Gasteiger partial charge in [-0.25, -0.2) is 0 Å². The van der Waals surface area contributed by atoms with E-state index in [0.717, 1.165) is 23.7 Å². The fourth-order valence-electron chi connectivity index (χ4n) is 2.55. The first-order valence-electron chi connectivity index (χ1n) is 8.42. The van der Waals surface area contributed by atoms with E-state index in [4.69, 9.17) is 23.2 Å². The molecular weight excluding hydrogens is 349 g/mol. The Morgan fingerprint density at radius 1 is 1.26 bits per heavy atom. The van der Waals surface area contributed by atoms with Crippen LogP contribution in [0.25, 0.3) is 0 Å². The number of benzene rings is 1. The fourth-order valence-corrected chi connectivity index (χ4v) is 4.17. The van der Waals surface area contributed by atoms with E-state index in [1.54, 1.807) is 11.8 Å². The third-order valence-electron chi connectivity index (χ3n) is 4.22. The molecule has 1 fully saturated rings. The molecule has 1 aromatic rings. The van der Waals surface area contributed by atoms with Gasteiger partial charge < -0.3 is 0 Å². The van der Waals surface area contributed by atoms with Gasteiger partial charge in [0.2, 0.25) is 0 Å². The Morgan fingerprint density at radius 3 is 2.65 bits per heavy atom. The van der Waals surface area contributed by atoms with Crippen LogP contribution < -0.4 is 0 Å². The van der Waals surface area contributed by atoms with Crippen LogP contribution in [0.5, 0.6) is 0 Å². The van der Waals surface area contributed by atoms with Crippen molar-refractivity contribution >= 4 is 40.7 Å². The summed E-state index contributed by atoms with van der Waals surface area (Å²) in [5, 5.41) is 0.937. The van der Waals surface area contributed by atoms with Gasteiger partial charge in [-0.05, 0) is 31.2 Å². The number of halogens is 2. The molecule has 2 atom stereocenters. The highest BCUT2D eigenvalue weighted by molar-refractivity contribution is 7.99. The van der Waals surface area contributed by atoms with Gasteiger partial charge in [0.15, 0.2) is 5.78 Å². The number of thioether (sulfide) groups is 1. The van der Waals surface area contributed by atoms with Crippen molar-refractivity contribution < 1.29 is 4.79 Å². The number of unbranched alkanes of at least 4 members (excludes halogenated alkanes) is 3. The van der Waals surface area contributed by atoms with Gasteiger partial charge in [-0.3, -0.25) is 9.69 Å². The van der Waals surface area contributed by atoms with Gasteiger partial charge in [0.25, 0.3) is 0 Å². The van der Waals surface area contributed by atoms with E-state index in [9.17, 15) is 4.79 Å². The molecule has 0 N–H and O–H groups in total. The smallest absolute Gasteiger partial charge is 0.165 e. The Balaban J connectivity index is 1.89. The molecule has 1 aliphatic rings. The maximum atomic E-state index is 12.3. The van der Waals surface area contributed by atoms with E-state index in [-0.39, 0.29) is 5.78 Å². The number of Topliss-reactive ketones (excluding diaryl/α,β-unsaturated/α-hetero) is 1. The molecule has 23 heavy (non-hydrogen) atoms. The molecule has 0 radical (unpaired) electrons. The van der Waals surface area contributed by atoms with Gasteiger partial charge in [0, 0.05) is 36.0 Å². The van der Waals surface area contributed by atoms with Crippen molar-refractivity contribution in [3.05, 3.63) is 27.7 Å². The van der Waals surface area contributed by atoms with Crippen molar-refractivity contribution in [3.8, 4) is 0 Å². The summed E-state index contributed by atoms with van der Waals surface area (Å²) >= 11 is 14.4. The minimum absolute atomic E-state index is 0.0792. The highest BCUT2D eigenvalue weighted by Crippen LogP contribution is 2.36. The number of carbonyl (C=O) groups is 1. The maximum absolute atomic E-state index is 12.3. The number of rotatable bonds is 10. The quantitative estimate of drug-likeness (QED) is 0.219. The van der Waals surface area contributed by atoms with Crippen LogP contribution in [0.2, 0.25) is 10.0 Å². The average molecular weight is 374 g/mol. The number of hydrogen-bond acceptors (Lipinski definition) is 3. The minimum Gasteiger partial charge on any atom is -0.297 e. The summed E-state index contributed by atoms with van der Waals surface area (Å²) in [6, 6.07) is 4.39. The third-order valence-corrected chi connectivity index (χ3v) is 6.36. The largest absolute Gasteiger partial charge is 0.297 e. The predicted molar refractivity (Wildman–Crippen MR) is 101 cm³/mol. The molecule has 0 spiro atoms. The zero-order valence-electron chi connectivity index (χ0n) is 13.9. The summed E-state index contributed by atoms with van der Waals surface area (Å²) in [5.74, 6) is 1.12. The molecule has 2 nitrogen and oxygen atoms in total. The molecule has 0 aliphatic carbocycles. The Morgan fingerprint density at radius 2 is 2.00 bits per heavy atom. The Bertz CT molecular complexity index is 550. The lowest BCUT2D eigenvalue weighted by Crippen LogP contribution is -2.10. The zero-order chi connectivity index (χ0) is 16.8. The second kappa shape index (κ2) is 9.31.